The Kier molecular flexibility index (Phi) is 5.92. The summed E-state index contributed by atoms with van der Waals surface area (Å²) in [5, 5.41) is 13.2. The first kappa shape index (κ1) is 17.5. The standard InChI is InChI=1S/C18H22N4O2/c1-3-24-15-7-4-12(5-8-15)17(21-2)18(23)22-14-6-9-16(20)13(10-14)11-19/h4-11,17,19,21H,3,20H2,1-2H3,(H,22,23). The lowest BCUT2D eigenvalue weighted by molar-refractivity contribution is -0.118. The molecule has 0 bridgehead atoms. The fourth-order valence-electron chi connectivity index (χ4n) is 2.36. The van der Waals surface area contributed by atoms with Gasteiger partial charge in [0.1, 0.15) is 11.8 Å². The first-order valence-corrected chi connectivity index (χ1v) is 7.70. The highest BCUT2D eigenvalue weighted by Gasteiger charge is 2.19. The Bertz CT molecular complexity index is 713. The summed E-state index contributed by atoms with van der Waals surface area (Å²) in [4.78, 5) is 12.5. The molecular formula is C18H22N4O2. The second-order valence-corrected chi connectivity index (χ2v) is 5.20. The van der Waals surface area contributed by atoms with Crippen molar-refractivity contribution >= 4 is 23.5 Å². The van der Waals surface area contributed by atoms with Crippen molar-refractivity contribution in [3.05, 3.63) is 53.6 Å². The van der Waals surface area contributed by atoms with Crippen molar-refractivity contribution in [3.63, 3.8) is 0 Å². The van der Waals surface area contributed by atoms with E-state index in [4.69, 9.17) is 15.9 Å². The molecule has 0 fully saturated rings. The Labute approximate surface area is 141 Å². The average molecular weight is 326 g/mol. The Balaban J connectivity index is 2.15. The molecule has 0 radical (unpaired) electrons. The molecule has 0 saturated heterocycles. The Morgan fingerprint density at radius 2 is 2.00 bits per heavy atom. The third-order valence-corrected chi connectivity index (χ3v) is 3.59. The number of ether oxygens (including phenoxy) is 1. The monoisotopic (exact) mass is 326 g/mol. The van der Waals surface area contributed by atoms with Crippen LogP contribution < -0.4 is 21.1 Å². The minimum atomic E-state index is -0.498. The number of carbonyl (C=O) groups excluding carboxylic acids is 1. The molecule has 0 aliphatic carbocycles. The van der Waals surface area contributed by atoms with E-state index in [1.807, 2.05) is 31.2 Å². The Hall–Kier alpha value is -2.86. The molecule has 1 atom stereocenters. The molecule has 126 valence electrons. The van der Waals surface area contributed by atoms with Gasteiger partial charge in [-0.05, 0) is 49.9 Å². The van der Waals surface area contributed by atoms with Crippen LogP contribution in [-0.2, 0) is 4.79 Å². The highest BCUT2D eigenvalue weighted by atomic mass is 16.5. The first-order chi connectivity index (χ1) is 11.6. The second kappa shape index (κ2) is 8.12. The number of amides is 1. The van der Waals surface area contributed by atoms with E-state index in [9.17, 15) is 4.79 Å². The number of hydrogen-bond donors (Lipinski definition) is 4. The fraction of sp³-hybridized carbons (Fsp3) is 0.222. The Morgan fingerprint density at radius 1 is 1.29 bits per heavy atom. The van der Waals surface area contributed by atoms with Gasteiger partial charge in [0.25, 0.3) is 0 Å². The molecular weight excluding hydrogens is 304 g/mol. The minimum Gasteiger partial charge on any atom is -0.494 e. The summed E-state index contributed by atoms with van der Waals surface area (Å²) in [6, 6.07) is 12.0. The molecule has 2 aromatic rings. The van der Waals surface area contributed by atoms with Crippen molar-refractivity contribution in [2.24, 2.45) is 0 Å². The number of rotatable bonds is 7. The molecule has 0 spiro atoms. The SMILES string of the molecule is CCOc1ccc(C(NC)C(=O)Nc2ccc(N)c(C=N)c2)cc1. The zero-order valence-corrected chi connectivity index (χ0v) is 13.8. The molecule has 0 aromatic heterocycles. The van der Waals surface area contributed by atoms with Crippen molar-refractivity contribution in [2.45, 2.75) is 13.0 Å². The molecule has 0 aliphatic heterocycles. The van der Waals surface area contributed by atoms with Crippen LogP contribution in [0.3, 0.4) is 0 Å². The van der Waals surface area contributed by atoms with E-state index in [1.54, 1.807) is 25.2 Å². The molecule has 1 amide bonds. The predicted molar refractivity (Wildman–Crippen MR) is 96.8 cm³/mol. The topological polar surface area (TPSA) is 100 Å². The lowest BCUT2D eigenvalue weighted by Gasteiger charge is -2.17. The molecule has 0 saturated carbocycles. The molecule has 0 heterocycles. The predicted octanol–water partition coefficient (Wildman–Crippen LogP) is 2.56. The third kappa shape index (κ3) is 4.11. The molecule has 24 heavy (non-hydrogen) atoms. The largest absolute Gasteiger partial charge is 0.494 e. The average Bonchev–Trinajstić information content (AvgIpc) is 2.59. The highest BCUT2D eigenvalue weighted by molar-refractivity contribution is 5.97. The second-order valence-electron chi connectivity index (χ2n) is 5.20. The number of hydrogen-bond acceptors (Lipinski definition) is 5. The lowest BCUT2D eigenvalue weighted by atomic mass is 10.1. The van der Waals surface area contributed by atoms with Crippen LogP contribution in [0.4, 0.5) is 11.4 Å². The van der Waals surface area contributed by atoms with E-state index in [2.05, 4.69) is 10.6 Å². The van der Waals surface area contributed by atoms with E-state index in [1.165, 1.54) is 0 Å². The molecule has 0 aliphatic rings. The van der Waals surface area contributed by atoms with Crippen molar-refractivity contribution in [3.8, 4) is 5.75 Å². The van der Waals surface area contributed by atoms with E-state index < -0.39 is 6.04 Å². The maximum atomic E-state index is 12.5. The summed E-state index contributed by atoms with van der Waals surface area (Å²) in [6.07, 6.45) is 1.16. The van der Waals surface area contributed by atoms with Gasteiger partial charge < -0.3 is 26.5 Å². The van der Waals surface area contributed by atoms with Crippen molar-refractivity contribution in [1.29, 1.82) is 5.41 Å². The van der Waals surface area contributed by atoms with Crippen molar-refractivity contribution in [1.82, 2.24) is 5.32 Å². The smallest absolute Gasteiger partial charge is 0.246 e. The van der Waals surface area contributed by atoms with E-state index in [-0.39, 0.29) is 5.91 Å². The summed E-state index contributed by atoms with van der Waals surface area (Å²) in [7, 11) is 1.73. The number of anilines is 2. The molecule has 6 heteroatoms. The molecule has 2 rings (SSSR count). The van der Waals surface area contributed by atoms with Gasteiger partial charge in [0.2, 0.25) is 5.91 Å². The molecule has 2 aromatic carbocycles. The highest BCUT2D eigenvalue weighted by Crippen LogP contribution is 2.21. The maximum Gasteiger partial charge on any atom is 0.246 e. The number of carbonyl (C=O) groups is 1. The number of nitrogens with two attached hydrogens (primary N) is 1. The summed E-state index contributed by atoms with van der Waals surface area (Å²) >= 11 is 0. The normalized spacial score (nSPS) is 11.6. The first-order valence-electron chi connectivity index (χ1n) is 7.70. The quantitative estimate of drug-likeness (QED) is 0.464. The van der Waals surface area contributed by atoms with Crippen LogP contribution in [0.2, 0.25) is 0 Å². The van der Waals surface area contributed by atoms with E-state index in [0.29, 0.717) is 23.5 Å². The van der Waals surface area contributed by atoms with Gasteiger partial charge >= 0.3 is 0 Å². The van der Waals surface area contributed by atoms with Gasteiger partial charge in [0, 0.05) is 23.2 Å². The van der Waals surface area contributed by atoms with Crippen LogP contribution in [0.15, 0.2) is 42.5 Å². The van der Waals surface area contributed by atoms with Crippen LogP contribution in [-0.4, -0.2) is 25.8 Å². The molecule has 5 N–H and O–H groups in total. The molecule has 6 nitrogen and oxygen atoms in total. The zero-order valence-electron chi connectivity index (χ0n) is 13.8. The summed E-state index contributed by atoms with van der Waals surface area (Å²) < 4.78 is 5.41. The fourth-order valence-corrected chi connectivity index (χ4v) is 2.36. The summed E-state index contributed by atoms with van der Waals surface area (Å²) in [6.45, 7) is 2.52. The maximum absolute atomic E-state index is 12.5. The Morgan fingerprint density at radius 3 is 2.58 bits per heavy atom. The van der Waals surface area contributed by atoms with Gasteiger partial charge in [-0.1, -0.05) is 12.1 Å². The van der Waals surface area contributed by atoms with Gasteiger partial charge in [0.15, 0.2) is 0 Å². The zero-order chi connectivity index (χ0) is 17.5. The van der Waals surface area contributed by atoms with Crippen LogP contribution in [0.5, 0.6) is 5.75 Å². The van der Waals surface area contributed by atoms with Crippen molar-refractivity contribution in [2.75, 3.05) is 24.7 Å². The van der Waals surface area contributed by atoms with Gasteiger partial charge in [-0.15, -0.1) is 0 Å². The van der Waals surface area contributed by atoms with E-state index in [0.717, 1.165) is 17.5 Å². The minimum absolute atomic E-state index is 0.192. The van der Waals surface area contributed by atoms with Crippen LogP contribution >= 0.6 is 0 Å². The number of likely N-dealkylation sites (N-methyl/N-ethyl adjacent to an activating group) is 1. The van der Waals surface area contributed by atoms with E-state index >= 15 is 0 Å². The van der Waals surface area contributed by atoms with Gasteiger partial charge in [-0.25, -0.2) is 0 Å². The van der Waals surface area contributed by atoms with Gasteiger partial charge in [-0.3, -0.25) is 4.79 Å². The third-order valence-electron chi connectivity index (χ3n) is 3.59. The van der Waals surface area contributed by atoms with Crippen LogP contribution in [0, 0.1) is 5.41 Å². The summed E-state index contributed by atoms with van der Waals surface area (Å²) in [5.41, 5.74) is 8.25. The number of nitrogen functional groups attached to an aromatic ring is 1. The van der Waals surface area contributed by atoms with Crippen molar-refractivity contribution < 1.29 is 9.53 Å². The van der Waals surface area contributed by atoms with Gasteiger partial charge in [0.05, 0.1) is 6.61 Å². The lowest BCUT2D eigenvalue weighted by Crippen LogP contribution is -2.30. The molecule has 1 unspecified atom stereocenters. The van der Waals surface area contributed by atoms with Crippen LogP contribution in [0.25, 0.3) is 0 Å². The number of benzene rings is 2. The summed E-state index contributed by atoms with van der Waals surface area (Å²) in [5.74, 6) is 0.577. The van der Waals surface area contributed by atoms with Crippen LogP contribution in [0.1, 0.15) is 24.1 Å². The number of nitrogens with one attached hydrogen (secondary N) is 3. The van der Waals surface area contributed by atoms with Gasteiger partial charge in [-0.2, -0.15) is 0 Å².